The number of anilines is 1. The van der Waals surface area contributed by atoms with E-state index in [4.69, 9.17) is 0 Å². The average molecular weight is 379 g/mol. The molecule has 3 rings (SSSR count). The van der Waals surface area contributed by atoms with Gasteiger partial charge in [-0.3, -0.25) is 18.7 Å². The summed E-state index contributed by atoms with van der Waals surface area (Å²) >= 11 is 0. The Kier molecular flexibility index (Phi) is 6.09. The zero-order valence-corrected chi connectivity index (χ0v) is 16.3. The van der Waals surface area contributed by atoms with Gasteiger partial charge in [-0.05, 0) is 36.6 Å². The molecule has 1 amide bonds. The first-order chi connectivity index (χ1) is 13.6. The van der Waals surface area contributed by atoms with Gasteiger partial charge in [0.15, 0.2) is 0 Å². The summed E-state index contributed by atoms with van der Waals surface area (Å²) < 4.78 is 2.62. The lowest BCUT2D eigenvalue weighted by Gasteiger charge is -2.15. The highest BCUT2D eigenvalue weighted by Gasteiger charge is 2.15. The van der Waals surface area contributed by atoms with Crippen molar-refractivity contribution in [3.8, 4) is 0 Å². The Hall–Kier alpha value is -3.15. The van der Waals surface area contributed by atoms with E-state index >= 15 is 0 Å². The number of aryl methyl sites for hydroxylation is 1. The average Bonchev–Trinajstić information content (AvgIpc) is 2.71. The maximum atomic E-state index is 13.0. The maximum Gasteiger partial charge on any atom is 0.331 e. The number of carbonyl (C=O) groups is 1. The van der Waals surface area contributed by atoms with Gasteiger partial charge in [-0.25, -0.2) is 4.79 Å². The van der Waals surface area contributed by atoms with E-state index in [-0.39, 0.29) is 18.0 Å². The van der Waals surface area contributed by atoms with Crippen LogP contribution >= 0.6 is 0 Å². The molecule has 6 heteroatoms. The summed E-state index contributed by atoms with van der Waals surface area (Å²) in [4.78, 5) is 38.4. The van der Waals surface area contributed by atoms with Crippen LogP contribution in [0.25, 0.3) is 10.9 Å². The standard InChI is InChI=1S/C22H25N3O3/c1-3-5-14-24-21(27)17-11-7-9-13-19(17)25(22(24)28)15-20(26)23-18-12-8-6-10-16(18)4-2/h6-13H,3-5,14-15H2,1-2H3,(H,23,26). The van der Waals surface area contributed by atoms with Crippen molar-refractivity contribution in [3.05, 3.63) is 74.9 Å². The van der Waals surface area contributed by atoms with E-state index in [1.165, 1.54) is 9.13 Å². The summed E-state index contributed by atoms with van der Waals surface area (Å²) in [5.74, 6) is -0.297. The van der Waals surface area contributed by atoms with Crippen LogP contribution in [0.5, 0.6) is 0 Å². The Bertz CT molecular complexity index is 1110. The van der Waals surface area contributed by atoms with Crippen LogP contribution in [0.15, 0.2) is 58.1 Å². The molecule has 0 atom stereocenters. The summed E-state index contributed by atoms with van der Waals surface area (Å²) in [6, 6.07) is 14.5. The molecule has 0 saturated carbocycles. The van der Waals surface area contributed by atoms with Crippen molar-refractivity contribution in [2.24, 2.45) is 0 Å². The topological polar surface area (TPSA) is 73.1 Å². The monoisotopic (exact) mass is 379 g/mol. The largest absolute Gasteiger partial charge is 0.331 e. The number of nitrogens with zero attached hydrogens (tertiary/aromatic N) is 2. The Labute approximate surface area is 163 Å². The number of hydrogen-bond acceptors (Lipinski definition) is 3. The fourth-order valence-electron chi connectivity index (χ4n) is 3.32. The van der Waals surface area contributed by atoms with Gasteiger partial charge in [-0.2, -0.15) is 0 Å². The number of unbranched alkanes of at least 4 members (excludes halogenated alkanes) is 1. The van der Waals surface area contributed by atoms with Crippen molar-refractivity contribution < 1.29 is 4.79 Å². The Morgan fingerprint density at radius 1 is 0.964 bits per heavy atom. The molecule has 0 aliphatic heterocycles. The smallest absolute Gasteiger partial charge is 0.324 e. The number of benzene rings is 2. The Morgan fingerprint density at radius 2 is 1.68 bits per heavy atom. The minimum absolute atomic E-state index is 0.149. The summed E-state index contributed by atoms with van der Waals surface area (Å²) in [6.07, 6.45) is 2.39. The summed E-state index contributed by atoms with van der Waals surface area (Å²) in [6.45, 7) is 4.22. The summed E-state index contributed by atoms with van der Waals surface area (Å²) in [5.41, 5.74) is 1.50. The number of aromatic nitrogens is 2. The second-order valence-electron chi connectivity index (χ2n) is 6.76. The zero-order valence-electron chi connectivity index (χ0n) is 16.3. The van der Waals surface area contributed by atoms with Crippen molar-refractivity contribution in [1.29, 1.82) is 0 Å². The predicted octanol–water partition coefficient (Wildman–Crippen LogP) is 3.16. The van der Waals surface area contributed by atoms with Crippen LogP contribution in [0.3, 0.4) is 0 Å². The van der Waals surface area contributed by atoms with Crippen LogP contribution < -0.4 is 16.6 Å². The van der Waals surface area contributed by atoms with E-state index in [1.807, 2.05) is 38.1 Å². The van der Waals surface area contributed by atoms with E-state index in [0.29, 0.717) is 17.4 Å². The lowest BCUT2D eigenvalue weighted by atomic mass is 10.1. The number of carbonyl (C=O) groups excluding carboxylic acids is 1. The Balaban J connectivity index is 2.01. The highest BCUT2D eigenvalue weighted by atomic mass is 16.2. The minimum atomic E-state index is -0.448. The third-order valence-electron chi connectivity index (χ3n) is 4.84. The summed E-state index contributed by atoms with van der Waals surface area (Å²) in [5, 5.41) is 3.34. The second-order valence-corrected chi connectivity index (χ2v) is 6.76. The second kappa shape index (κ2) is 8.69. The van der Waals surface area contributed by atoms with E-state index in [9.17, 15) is 14.4 Å². The third-order valence-corrected chi connectivity index (χ3v) is 4.84. The van der Waals surface area contributed by atoms with Crippen molar-refractivity contribution in [2.45, 2.75) is 46.2 Å². The molecule has 0 radical (unpaired) electrons. The molecule has 146 valence electrons. The number of amides is 1. The van der Waals surface area contributed by atoms with Gasteiger partial charge in [0.05, 0.1) is 10.9 Å². The first kappa shape index (κ1) is 19.6. The lowest BCUT2D eigenvalue weighted by Crippen LogP contribution is -2.41. The number of para-hydroxylation sites is 2. The van der Waals surface area contributed by atoms with Crippen molar-refractivity contribution >= 4 is 22.5 Å². The molecule has 28 heavy (non-hydrogen) atoms. The molecule has 6 nitrogen and oxygen atoms in total. The fourth-order valence-corrected chi connectivity index (χ4v) is 3.32. The number of nitrogens with one attached hydrogen (secondary N) is 1. The molecule has 0 fully saturated rings. The molecule has 0 unspecified atom stereocenters. The zero-order chi connectivity index (χ0) is 20.1. The van der Waals surface area contributed by atoms with Gasteiger partial charge < -0.3 is 5.32 Å². The van der Waals surface area contributed by atoms with Gasteiger partial charge >= 0.3 is 5.69 Å². The Morgan fingerprint density at radius 3 is 2.43 bits per heavy atom. The molecule has 2 aromatic carbocycles. The van der Waals surface area contributed by atoms with E-state index in [1.54, 1.807) is 24.3 Å². The highest BCUT2D eigenvalue weighted by Crippen LogP contribution is 2.15. The van der Waals surface area contributed by atoms with Crippen LogP contribution in [-0.2, 0) is 24.3 Å². The van der Waals surface area contributed by atoms with Gasteiger partial charge in [0.25, 0.3) is 5.56 Å². The van der Waals surface area contributed by atoms with E-state index in [0.717, 1.165) is 30.5 Å². The van der Waals surface area contributed by atoms with Crippen LogP contribution in [0, 0.1) is 0 Å². The minimum Gasteiger partial charge on any atom is -0.324 e. The third kappa shape index (κ3) is 3.91. The molecular weight excluding hydrogens is 354 g/mol. The summed E-state index contributed by atoms with van der Waals surface area (Å²) in [7, 11) is 0. The molecular formula is C22H25N3O3. The van der Waals surface area contributed by atoms with Crippen LogP contribution in [-0.4, -0.2) is 15.0 Å². The van der Waals surface area contributed by atoms with Crippen LogP contribution in [0.4, 0.5) is 5.69 Å². The molecule has 1 heterocycles. The van der Waals surface area contributed by atoms with Gasteiger partial charge in [-0.15, -0.1) is 0 Å². The van der Waals surface area contributed by atoms with Crippen molar-refractivity contribution in [1.82, 2.24) is 9.13 Å². The number of rotatable bonds is 7. The van der Waals surface area contributed by atoms with Crippen molar-refractivity contribution in [2.75, 3.05) is 5.32 Å². The molecule has 1 N–H and O–H groups in total. The fraction of sp³-hybridized carbons (Fsp3) is 0.318. The SMILES string of the molecule is CCCCn1c(=O)c2ccccc2n(CC(=O)Nc2ccccc2CC)c1=O. The van der Waals surface area contributed by atoms with Crippen molar-refractivity contribution in [3.63, 3.8) is 0 Å². The highest BCUT2D eigenvalue weighted by molar-refractivity contribution is 5.92. The van der Waals surface area contributed by atoms with Gasteiger partial charge in [-0.1, -0.05) is 50.6 Å². The number of fused-ring (bicyclic) bond motifs is 1. The lowest BCUT2D eigenvalue weighted by molar-refractivity contribution is -0.116. The molecule has 0 aliphatic carbocycles. The molecule has 1 aromatic heterocycles. The van der Waals surface area contributed by atoms with E-state index < -0.39 is 5.69 Å². The molecule has 0 bridgehead atoms. The van der Waals surface area contributed by atoms with Gasteiger partial charge in [0, 0.05) is 12.2 Å². The normalized spacial score (nSPS) is 10.9. The first-order valence-electron chi connectivity index (χ1n) is 9.67. The van der Waals surface area contributed by atoms with E-state index in [2.05, 4.69) is 5.32 Å². The molecule has 3 aromatic rings. The predicted molar refractivity (Wildman–Crippen MR) is 112 cm³/mol. The molecule has 0 spiro atoms. The maximum absolute atomic E-state index is 13.0. The van der Waals surface area contributed by atoms with Crippen LogP contribution in [0.2, 0.25) is 0 Å². The van der Waals surface area contributed by atoms with Crippen LogP contribution in [0.1, 0.15) is 32.3 Å². The number of hydrogen-bond donors (Lipinski definition) is 1. The molecule has 0 aliphatic rings. The first-order valence-corrected chi connectivity index (χ1v) is 9.67. The quantitative estimate of drug-likeness (QED) is 0.685. The van der Waals surface area contributed by atoms with Gasteiger partial charge in [0.1, 0.15) is 6.54 Å². The van der Waals surface area contributed by atoms with Gasteiger partial charge in [0.2, 0.25) is 5.91 Å². The molecule has 0 saturated heterocycles.